The average Bonchev–Trinajstić information content (AvgIpc) is 2.71. The fourth-order valence-electron chi connectivity index (χ4n) is 2.91. The van der Waals surface area contributed by atoms with Gasteiger partial charge in [-0.05, 0) is 29.1 Å². The van der Waals surface area contributed by atoms with Gasteiger partial charge in [0, 0.05) is 0 Å². The van der Waals surface area contributed by atoms with E-state index in [9.17, 15) is 0 Å². The Morgan fingerprint density at radius 2 is 1.80 bits per heavy atom. The summed E-state index contributed by atoms with van der Waals surface area (Å²) in [6.07, 6.45) is 1.38. The van der Waals surface area contributed by atoms with Crippen LogP contribution < -0.4 is 0 Å². The highest BCUT2D eigenvalue weighted by molar-refractivity contribution is 5.25. The van der Waals surface area contributed by atoms with Crippen molar-refractivity contribution in [3.8, 4) is 0 Å². The normalized spacial score (nSPS) is 49.8. The molecule has 0 aliphatic heterocycles. The topological polar surface area (TPSA) is 0 Å². The van der Waals surface area contributed by atoms with Crippen molar-refractivity contribution in [3.63, 3.8) is 0 Å². The first-order valence-electron chi connectivity index (χ1n) is 4.60. The average molecular weight is 138 g/mol. The third-order valence-corrected chi connectivity index (χ3v) is 3.99. The molecule has 0 N–H and O–H groups in total. The van der Waals surface area contributed by atoms with Crippen molar-refractivity contribution in [2.75, 3.05) is 0 Å². The van der Waals surface area contributed by atoms with E-state index in [2.05, 4.69) is 27.7 Å². The highest BCUT2D eigenvalue weighted by Crippen LogP contribution is 2.83. The first-order valence-corrected chi connectivity index (χ1v) is 4.60. The minimum atomic E-state index is 0.758. The largest absolute Gasteiger partial charge is 0.0651 e. The summed E-state index contributed by atoms with van der Waals surface area (Å²) in [6, 6.07) is 0. The van der Waals surface area contributed by atoms with Gasteiger partial charge >= 0.3 is 0 Å². The van der Waals surface area contributed by atoms with Gasteiger partial charge in [0.25, 0.3) is 0 Å². The van der Waals surface area contributed by atoms with Gasteiger partial charge in [-0.2, -0.15) is 0 Å². The van der Waals surface area contributed by atoms with E-state index in [0.29, 0.717) is 0 Å². The van der Waals surface area contributed by atoms with Crippen LogP contribution in [0.25, 0.3) is 0 Å². The Morgan fingerprint density at radius 1 is 1.30 bits per heavy atom. The maximum absolute atomic E-state index is 2.42. The maximum Gasteiger partial charge on any atom is -0.0286 e. The van der Waals surface area contributed by atoms with Gasteiger partial charge in [-0.25, -0.2) is 0 Å². The number of hydrogen-bond acceptors (Lipinski definition) is 0. The maximum atomic E-state index is 2.42. The molecule has 3 unspecified atom stereocenters. The number of fused-ring (bicyclic) bond motifs is 1. The fraction of sp³-hybridized carbons (Fsp3) is 1.00. The van der Waals surface area contributed by atoms with Crippen molar-refractivity contribution >= 4 is 0 Å². The fourth-order valence-corrected chi connectivity index (χ4v) is 2.91. The van der Waals surface area contributed by atoms with Gasteiger partial charge in [-0.1, -0.05) is 34.1 Å². The van der Waals surface area contributed by atoms with Crippen LogP contribution in [0.5, 0.6) is 0 Å². The molecule has 0 amide bonds. The quantitative estimate of drug-likeness (QED) is 0.550. The van der Waals surface area contributed by atoms with Crippen LogP contribution in [-0.2, 0) is 0 Å². The predicted molar refractivity (Wildman–Crippen MR) is 43.7 cm³/mol. The second-order valence-electron chi connectivity index (χ2n) is 4.84. The van der Waals surface area contributed by atoms with Crippen LogP contribution in [0.1, 0.15) is 34.1 Å². The molecule has 0 heterocycles. The molecule has 0 nitrogen and oxygen atoms in total. The van der Waals surface area contributed by atoms with Crippen LogP contribution in [0.3, 0.4) is 0 Å². The van der Waals surface area contributed by atoms with Crippen molar-refractivity contribution < 1.29 is 0 Å². The predicted octanol–water partition coefficient (Wildman–Crippen LogP) is 2.93. The molecule has 0 aromatic carbocycles. The summed E-state index contributed by atoms with van der Waals surface area (Å²) in [5.74, 6) is 4.38. The van der Waals surface area contributed by atoms with Crippen molar-refractivity contribution in [2.24, 2.45) is 29.1 Å². The molecule has 2 saturated carbocycles. The van der Waals surface area contributed by atoms with Gasteiger partial charge in [0.2, 0.25) is 0 Å². The Balaban J connectivity index is 1.87. The first-order chi connectivity index (χ1) is 4.60. The Morgan fingerprint density at radius 3 is 2.10 bits per heavy atom. The van der Waals surface area contributed by atoms with Crippen molar-refractivity contribution in [3.05, 3.63) is 0 Å². The summed E-state index contributed by atoms with van der Waals surface area (Å²) in [5, 5.41) is 0. The number of rotatable bonds is 2. The molecule has 58 valence electrons. The summed E-state index contributed by atoms with van der Waals surface area (Å²) in [6.45, 7) is 9.56. The molecule has 2 aliphatic rings. The molecule has 0 radical (unpaired) electrons. The number of hydrogen-bond donors (Lipinski definition) is 0. The van der Waals surface area contributed by atoms with E-state index < -0.39 is 0 Å². The molecule has 2 rings (SSSR count). The zero-order valence-corrected chi connectivity index (χ0v) is 7.52. The molecule has 0 aromatic heterocycles. The van der Waals surface area contributed by atoms with Crippen LogP contribution in [-0.4, -0.2) is 0 Å². The van der Waals surface area contributed by atoms with Crippen molar-refractivity contribution in [1.29, 1.82) is 0 Å². The van der Waals surface area contributed by atoms with Gasteiger partial charge in [-0.15, -0.1) is 0 Å². The SMILES string of the molecule is CCC(C)C1C2C1C2(C)C. The highest BCUT2D eigenvalue weighted by Gasteiger charge is 2.78. The van der Waals surface area contributed by atoms with Gasteiger partial charge in [0.1, 0.15) is 0 Å². The van der Waals surface area contributed by atoms with E-state index in [1.807, 2.05) is 0 Å². The van der Waals surface area contributed by atoms with E-state index in [4.69, 9.17) is 0 Å². The van der Waals surface area contributed by atoms with Gasteiger partial charge < -0.3 is 0 Å². The Bertz CT molecular complexity index is 145. The lowest BCUT2D eigenvalue weighted by Crippen LogP contribution is -2.14. The first kappa shape index (κ1) is 6.69. The molecule has 2 aliphatic carbocycles. The van der Waals surface area contributed by atoms with E-state index in [-0.39, 0.29) is 0 Å². The lowest BCUT2D eigenvalue weighted by atomic mass is 9.84. The van der Waals surface area contributed by atoms with Crippen LogP contribution in [0, 0.1) is 29.1 Å². The minimum Gasteiger partial charge on any atom is -0.0651 e. The summed E-state index contributed by atoms with van der Waals surface area (Å²) >= 11 is 0. The molecule has 0 aromatic rings. The third kappa shape index (κ3) is 0.580. The van der Waals surface area contributed by atoms with Crippen molar-refractivity contribution in [2.45, 2.75) is 34.1 Å². The molecule has 0 bridgehead atoms. The van der Waals surface area contributed by atoms with Crippen molar-refractivity contribution in [1.82, 2.24) is 0 Å². The van der Waals surface area contributed by atoms with E-state index in [1.165, 1.54) is 6.42 Å². The lowest BCUT2D eigenvalue weighted by Gasteiger charge is -2.21. The molecule has 0 heteroatoms. The molecular formula is C10H18. The Labute approximate surface area is 64.0 Å². The highest BCUT2D eigenvalue weighted by atomic mass is 14.8. The smallest absolute Gasteiger partial charge is 0.0286 e. The van der Waals surface area contributed by atoms with Gasteiger partial charge in [0.05, 0.1) is 0 Å². The van der Waals surface area contributed by atoms with Crippen LogP contribution in [0.4, 0.5) is 0 Å². The van der Waals surface area contributed by atoms with Crippen LogP contribution >= 0.6 is 0 Å². The zero-order valence-electron chi connectivity index (χ0n) is 7.52. The second-order valence-corrected chi connectivity index (χ2v) is 4.84. The van der Waals surface area contributed by atoms with E-state index in [1.54, 1.807) is 0 Å². The summed E-state index contributed by atoms with van der Waals surface area (Å²) in [7, 11) is 0. The molecular weight excluding hydrogens is 120 g/mol. The minimum absolute atomic E-state index is 0.758. The Hall–Kier alpha value is 0. The second kappa shape index (κ2) is 1.60. The lowest BCUT2D eigenvalue weighted by molar-refractivity contribution is 0.279. The van der Waals surface area contributed by atoms with E-state index >= 15 is 0 Å². The Kier molecular flexibility index (Phi) is 1.07. The summed E-state index contributed by atoms with van der Waals surface area (Å²) in [4.78, 5) is 0. The molecule has 0 saturated heterocycles. The standard InChI is InChI=1S/C10H18/c1-5-6(2)7-8-9(7)10(8,3)4/h6-9H,5H2,1-4H3. The summed E-state index contributed by atoms with van der Waals surface area (Å²) < 4.78 is 0. The third-order valence-electron chi connectivity index (χ3n) is 3.99. The van der Waals surface area contributed by atoms with Gasteiger partial charge in [0.15, 0.2) is 0 Å². The molecule has 3 atom stereocenters. The molecule has 10 heavy (non-hydrogen) atoms. The van der Waals surface area contributed by atoms with Crippen LogP contribution in [0.2, 0.25) is 0 Å². The molecule has 2 fully saturated rings. The monoisotopic (exact) mass is 138 g/mol. The zero-order chi connectivity index (χ0) is 7.52. The van der Waals surface area contributed by atoms with Gasteiger partial charge in [-0.3, -0.25) is 0 Å². The molecule has 0 spiro atoms. The van der Waals surface area contributed by atoms with E-state index in [0.717, 1.165) is 29.1 Å². The summed E-state index contributed by atoms with van der Waals surface area (Å²) in [5.41, 5.74) is 0.758. The van der Waals surface area contributed by atoms with Crippen LogP contribution in [0.15, 0.2) is 0 Å².